The maximum absolute atomic E-state index is 2.47. The minimum atomic E-state index is -0.139. The SMILES string of the molecule is CC1(C)c2cc(-c3ccc(N(c4ccccc4)c4ccc5ccccc5c4)cc3)c(-c3ccccc3)cc2-c2c(-c3ccccc3)cccc21. The Balaban J connectivity index is 1.20. The monoisotopic (exact) mass is 639 g/mol. The van der Waals surface area contributed by atoms with Crippen molar-refractivity contribution >= 4 is 27.8 Å². The highest BCUT2D eigenvalue weighted by atomic mass is 15.1. The van der Waals surface area contributed by atoms with Crippen molar-refractivity contribution in [2.75, 3.05) is 4.90 Å². The lowest BCUT2D eigenvalue weighted by molar-refractivity contribution is 0.661. The zero-order valence-corrected chi connectivity index (χ0v) is 28.3. The zero-order valence-electron chi connectivity index (χ0n) is 28.3. The van der Waals surface area contributed by atoms with Crippen LogP contribution < -0.4 is 4.90 Å². The molecule has 50 heavy (non-hydrogen) atoms. The molecule has 0 amide bonds. The molecule has 8 aromatic rings. The Kier molecular flexibility index (Phi) is 7.21. The summed E-state index contributed by atoms with van der Waals surface area (Å²) in [5.74, 6) is 0. The number of rotatable bonds is 6. The molecular weight excluding hydrogens is 603 g/mol. The van der Waals surface area contributed by atoms with Crippen LogP contribution in [0.15, 0.2) is 188 Å². The van der Waals surface area contributed by atoms with Crippen LogP contribution in [0.25, 0.3) is 55.3 Å². The third-order valence-corrected chi connectivity index (χ3v) is 10.4. The lowest BCUT2D eigenvalue weighted by Gasteiger charge is -2.26. The molecule has 1 aliphatic carbocycles. The summed E-state index contributed by atoms with van der Waals surface area (Å²) in [7, 11) is 0. The van der Waals surface area contributed by atoms with Crippen molar-refractivity contribution in [1.82, 2.24) is 0 Å². The largest absolute Gasteiger partial charge is 0.310 e. The second-order valence-corrected chi connectivity index (χ2v) is 13.8. The standard InChI is InChI=1S/C49H37N/c1-49(2)46-24-14-23-42(35-16-6-3-7-17-35)48(46)45-32-43(36-18-8-4-9-19-36)44(33-47(45)49)37-26-28-40(29-27-37)50(39-21-10-5-11-22-39)41-30-25-34-15-12-13-20-38(34)31-41/h3-33H,1-2H3. The molecule has 0 aromatic heterocycles. The molecule has 1 aliphatic rings. The van der Waals surface area contributed by atoms with Crippen LogP contribution in [0.2, 0.25) is 0 Å². The highest BCUT2D eigenvalue weighted by Crippen LogP contribution is 2.54. The van der Waals surface area contributed by atoms with Crippen LogP contribution in [0.3, 0.4) is 0 Å². The average molecular weight is 640 g/mol. The quantitative estimate of drug-likeness (QED) is 0.175. The number of hydrogen-bond acceptors (Lipinski definition) is 1. The first kappa shape index (κ1) is 29.9. The smallest absolute Gasteiger partial charge is 0.0468 e. The maximum atomic E-state index is 2.47. The van der Waals surface area contributed by atoms with Crippen molar-refractivity contribution in [3.63, 3.8) is 0 Å². The molecule has 0 saturated carbocycles. The van der Waals surface area contributed by atoms with E-state index in [1.54, 1.807) is 0 Å². The van der Waals surface area contributed by atoms with Crippen LogP contribution in [0.4, 0.5) is 17.1 Å². The van der Waals surface area contributed by atoms with E-state index in [0.717, 1.165) is 17.1 Å². The van der Waals surface area contributed by atoms with Gasteiger partial charge in [0.25, 0.3) is 0 Å². The second-order valence-electron chi connectivity index (χ2n) is 13.8. The molecule has 0 spiro atoms. The third-order valence-electron chi connectivity index (χ3n) is 10.4. The molecule has 0 saturated heterocycles. The summed E-state index contributed by atoms with van der Waals surface area (Å²) in [5.41, 5.74) is 16.2. The van der Waals surface area contributed by atoms with Gasteiger partial charge in [-0.15, -0.1) is 0 Å². The van der Waals surface area contributed by atoms with E-state index in [1.807, 2.05) is 0 Å². The van der Waals surface area contributed by atoms with Gasteiger partial charge in [-0.05, 0) is 115 Å². The maximum Gasteiger partial charge on any atom is 0.0468 e. The van der Waals surface area contributed by atoms with Crippen molar-refractivity contribution in [3.05, 3.63) is 199 Å². The molecule has 1 heteroatoms. The molecule has 0 radical (unpaired) electrons. The molecule has 0 aliphatic heterocycles. The summed E-state index contributed by atoms with van der Waals surface area (Å²) in [4.78, 5) is 2.35. The first-order chi connectivity index (χ1) is 24.6. The fraction of sp³-hybridized carbons (Fsp3) is 0.0612. The van der Waals surface area contributed by atoms with E-state index in [9.17, 15) is 0 Å². The molecular formula is C49H37N. The van der Waals surface area contributed by atoms with Crippen LogP contribution in [-0.2, 0) is 5.41 Å². The van der Waals surface area contributed by atoms with E-state index < -0.39 is 0 Å². The lowest BCUT2D eigenvalue weighted by Crippen LogP contribution is -2.15. The van der Waals surface area contributed by atoms with E-state index in [0.29, 0.717) is 0 Å². The molecule has 0 atom stereocenters. The number of anilines is 3. The summed E-state index contributed by atoms with van der Waals surface area (Å²) in [5, 5.41) is 2.47. The van der Waals surface area contributed by atoms with Crippen molar-refractivity contribution in [2.45, 2.75) is 19.3 Å². The Hall–Kier alpha value is -6.18. The zero-order chi connectivity index (χ0) is 33.7. The van der Waals surface area contributed by atoms with E-state index in [-0.39, 0.29) is 5.41 Å². The van der Waals surface area contributed by atoms with E-state index in [4.69, 9.17) is 0 Å². The number of para-hydroxylation sites is 1. The molecule has 9 rings (SSSR count). The average Bonchev–Trinajstić information content (AvgIpc) is 3.41. The molecule has 0 heterocycles. The van der Waals surface area contributed by atoms with Gasteiger partial charge in [-0.2, -0.15) is 0 Å². The predicted octanol–water partition coefficient (Wildman–Crippen LogP) is 13.6. The normalized spacial score (nSPS) is 12.8. The number of nitrogens with zero attached hydrogens (tertiary/aromatic N) is 1. The topological polar surface area (TPSA) is 3.24 Å². The molecule has 0 fully saturated rings. The summed E-state index contributed by atoms with van der Waals surface area (Å²) >= 11 is 0. The van der Waals surface area contributed by atoms with Crippen LogP contribution in [0, 0.1) is 0 Å². The molecule has 8 aromatic carbocycles. The number of benzene rings is 8. The Morgan fingerprint density at radius 2 is 0.880 bits per heavy atom. The van der Waals surface area contributed by atoms with Gasteiger partial charge >= 0.3 is 0 Å². The van der Waals surface area contributed by atoms with Gasteiger partial charge < -0.3 is 4.90 Å². The third kappa shape index (κ3) is 5.02. The highest BCUT2D eigenvalue weighted by Gasteiger charge is 2.38. The first-order valence-electron chi connectivity index (χ1n) is 17.4. The number of fused-ring (bicyclic) bond motifs is 4. The summed E-state index contributed by atoms with van der Waals surface area (Å²) in [6, 6.07) is 68.5. The van der Waals surface area contributed by atoms with Gasteiger partial charge in [-0.25, -0.2) is 0 Å². The van der Waals surface area contributed by atoms with Gasteiger partial charge in [0.05, 0.1) is 0 Å². The van der Waals surface area contributed by atoms with E-state index >= 15 is 0 Å². The second kappa shape index (κ2) is 12.1. The number of hydrogen-bond donors (Lipinski definition) is 0. The van der Waals surface area contributed by atoms with Gasteiger partial charge in [0.1, 0.15) is 0 Å². The van der Waals surface area contributed by atoms with Gasteiger partial charge in [0, 0.05) is 22.5 Å². The fourth-order valence-corrected chi connectivity index (χ4v) is 7.92. The molecule has 238 valence electrons. The van der Waals surface area contributed by atoms with Crippen LogP contribution in [0.1, 0.15) is 25.0 Å². The van der Waals surface area contributed by atoms with Gasteiger partial charge in [0.15, 0.2) is 0 Å². The summed E-state index contributed by atoms with van der Waals surface area (Å²) in [6.45, 7) is 4.76. The molecule has 0 N–H and O–H groups in total. The minimum absolute atomic E-state index is 0.139. The van der Waals surface area contributed by atoms with Crippen LogP contribution in [-0.4, -0.2) is 0 Å². The highest BCUT2D eigenvalue weighted by molar-refractivity contribution is 5.98. The van der Waals surface area contributed by atoms with E-state index in [1.165, 1.54) is 66.4 Å². The van der Waals surface area contributed by atoms with Gasteiger partial charge in [-0.1, -0.05) is 153 Å². The van der Waals surface area contributed by atoms with Crippen molar-refractivity contribution in [3.8, 4) is 44.5 Å². The predicted molar refractivity (Wildman–Crippen MR) is 213 cm³/mol. The van der Waals surface area contributed by atoms with Crippen molar-refractivity contribution < 1.29 is 0 Å². The van der Waals surface area contributed by atoms with Crippen LogP contribution in [0.5, 0.6) is 0 Å². The molecule has 1 nitrogen and oxygen atoms in total. The van der Waals surface area contributed by atoms with Gasteiger partial charge in [-0.3, -0.25) is 0 Å². The Morgan fingerprint density at radius 3 is 1.58 bits per heavy atom. The molecule has 0 unspecified atom stereocenters. The van der Waals surface area contributed by atoms with Crippen molar-refractivity contribution in [1.29, 1.82) is 0 Å². The lowest BCUT2D eigenvalue weighted by atomic mass is 9.80. The summed E-state index contributed by atoms with van der Waals surface area (Å²) < 4.78 is 0. The first-order valence-corrected chi connectivity index (χ1v) is 17.4. The van der Waals surface area contributed by atoms with E-state index in [2.05, 4.69) is 207 Å². The van der Waals surface area contributed by atoms with Crippen LogP contribution >= 0.6 is 0 Å². The minimum Gasteiger partial charge on any atom is -0.310 e. The Labute approximate surface area is 294 Å². The Bertz CT molecular complexity index is 2480. The van der Waals surface area contributed by atoms with Gasteiger partial charge in [0.2, 0.25) is 0 Å². The fourth-order valence-electron chi connectivity index (χ4n) is 7.92. The molecule has 0 bridgehead atoms. The van der Waals surface area contributed by atoms with Crippen molar-refractivity contribution in [2.24, 2.45) is 0 Å². The summed E-state index contributed by atoms with van der Waals surface area (Å²) in [6.07, 6.45) is 0. The Morgan fingerprint density at radius 1 is 0.340 bits per heavy atom.